The van der Waals surface area contributed by atoms with Gasteiger partial charge >= 0.3 is 6.09 Å². The molecule has 1 N–H and O–H groups in total. The third-order valence-corrected chi connectivity index (χ3v) is 5.09. The van der Waals surface area contributed by atoms with Crippen LogP contribution in [-0.4, -0.2) is 60.1 Å². The number of anilines is 1. The van der Waals surface area contributed by atoms with Crippen molar-refractivity contribution in [3.05, 3.63) is 77.9 Å². The highest BCUT2D eigenvalue weighted by Gasteiger charge is 2.23. The number of ether oxygens (including phenoxy) is 3. The number of hydrazone groups is 1. The number of aromatic nitrogens is 2. The van der Waals surface area contributed by atoms with Crippen LogP contribution in [0.5, 0.6) is 11.5 Å². The standard InChI is InChI=1S/C24H23N5O5/c1-32-20-9-6-17(14-21(20)33-2)19-15-34-24(31)29(28-19)13-10-16-4-7-18(8-5-16)27-23(30)22-25-11-3-12-26-22/h3-9,11-12,14H,10,13,15H2,1-2H3,(H,27,30). The van der Waals surface area contributed by atoms with Crippen molar-refractivity contribution in [3.63, 3.8) is 0 Å². The number of cyclic esters (lactones) is 1. The molecule has 0 spiro atoms. The number of nitrogens with zero attached hydrogens (tertiary/aromatic N) is 4. The van der Waals surface area contributed by atoms with E-state index in [0.717, 1.165) is 11.1 Å². The summed E-state index contributed by atoms with van der Waals surface area (Å²) in [6.45, 7) is 0.406. The summed E-state index contributed by atoms with van der Waals surface area (Å²) >= 11 is 0. The highest BCUT2D eigenvalue weighted by atomic mass is 16.6. The molecule has 34 heavy (non-hydrogen) atoms. The van der Waals surface area contributed by atoms with Gasteiger partial charge in [0.05, 0.1) is 20.8 Å². The molecular formula is C24H23N5O5. The first-order valence-electron chi connectivity index (χ1n) is 10.5. The first-order chi connectivity index (χ1) is 16.6. The minimum absolute atomic E-state index is 0.0738. The van der Waals surface area contributed by atoms with E-state index < -0.39 is 6.09 Å². The molecule has 4 rings (SSSR count). The Hall–Kier alpha value is -4.47. The number of hydrogen-bond donors (Lipinski definition) is 1. The van der Waals surface area contributed by atoms with Crippen LogP contribution in [0.1, 0.15) is 21.7 Å². The third kappa shape index (κ3) is 5.29. The molecule has 3 aromatic rings. The Morgan fingerprint density at radius 1 is 1.06 bits per heavy atom. The first kappa shape index (κ1) is 22.7. The second-order valence-corrected chi connectivity index (χ2v) is 7.27. The topological polar surface area (TPSA) is 115 Å². The second-order valence-electron chi connectivity index (χ2n) is 7.27. The molecule has 2 heterocycles. The molecule has 0 unspecified atom stereocenters. The van der Waals surface area contributed by atoms with Gasteiger partial charge in [0.1, 0.15) is 12.3 Å². The molecule has 2 amide bonds. The van der Waals surface area contributed by atoms with E-state index in [1.165, 1.54) is 17.4 Å². The molecule has 2 aromatic carbocycles. The van der Waals surface area contributed by atoms with Crippen LogP contribution in [0.4, 0.5) is 10.5 Å². The van der Waals surface area contributed by atoms with Crippen molar-refractivity contribution in [1.29, 1.82) is 0 Å². The van der Waals surface area contributed by atoms with Gasteiger partial charge < -0.3 is 19.5 Å². The van der Waals surface area contributed by atoms with Gasteiger partial charge in [-0.3, -0.25) is 4.79 Å². The summed E-state index contributed by atoms with van der Waals surface area (Å²) in [5.41, 5.74) is 2.97. The molecule has 10 nitrogen and oxygen atoms in total. The van der Waals surface area contributed by atoms with E-state index in [4.69, 9.17) is 14.2 Å². The molecule has 1 aromatic heterocycles. The zero-order valence-electron chi connectivity index (χ0n) is 18.7. The lowest BCUT2D eigenvalue weighted by atomic mass is 10.1. The Morgan fingerprint density at radius 2 is 1.79 bits per heavy atom. The van der Waals surface area contributed by atoms with E-state index in [2.05, 4.69) is 20.4 Å². The summed E-state index contributed by atoms with van der Waals surface area (Å²) in [5, 5.41) is 8.53. The number of carbonyl (C=O) groups is 2. The van der Waals surface area contributed by atoms with E-state index >= 15 is 0 Å². The molecule has 0 saturated carbocycles. The fraction of sp³-hybridized carbons (Fsp3) is 0.208. The maximum atomic E-state index is 12.2. The molecule has 1 aliphatic heterocycles. The average molecular weight is 461 g/mol. The minimum Gasteiger partial charge on any atom is -0.493 e. The maximum absolute atomic E-state index is 12.2. The summed E-state index contributed by atoms with van der Waals surface area (Å²) < 4.78 is 15.9. The molecular weight excluding hydrogens is 438 g/mol. The molecule has 0 radical (unpaired) electrons. The predicted octanol–water partition coefficient (Wildman–Crippen LogP) is 3.15. The van der Waals surface area contributed by atoms with Crippen LogP contribution in [-0.2, 0) is 11.2 Å². The van der Waals surface area contributed by atoms with Gasteiger partial charge in [-0.1, -0.05) is 12.1 Å². The van der Waals surface area contributed by atoms with Gasteiger partial charge in [-0.15, -0.1) is 0 Å². The molecule has 0 aliphatic carbocycles. The number of hydrogen-bond acceptors (Lipinski definition) is 8. The highest BCUT2D eigenvalue weighted by molar-refractivity contribution is 6.04. The van der Waals surface area contributed by atoms with Gasteiger partial charge in [-0.05, 0) is 48.4 Å². The zero-order chi connectivity index (χ0) is 23.9. The van der Waals surface area contributed by atoms with E-state index in [1.54, 1.807) is 44.6 Å². The Kier molecular flexibility index (Phi) is 6.97. The van der Waals surface area contributed by atoms with E-state index in [9.17, 15) is 9.59 Å². The van der Waals surface area contributed by atoms with Gasteiger partial charge in [0.2, 0.25) is 5.82 Å². The Balaban J connectivity index is 1.39. The fourth-order valence-electron chi connectivity index (χ4n) is 3.31. The summed E-state index contributed by atoms with van der Waals surface area (Å²) in [7, 11) is 3.13. The van der Waals surface area contributed by atoms with Gasteiger partial charge in [-0.25, -0.2) is 14.8 Å². The van der Waals surface area contributed by atoms with Crippen LogP contribution in [0.2, 0.25) is 0 Å². The monoisotopic (exact) mass is 461 g/mol. The molecule has 0 atom stereocenters. The third-order valence-electron chi connectivity index (χ3n) is 5.09. The molecule has 0 bridgehead atoms. The van der Waals surface area contributed by atoms with Crippen LogP contribution in [0, 0.1) is 0 Å². The molecule has 1 aliphatic rings. The normalized spacial score (nSPS) is 13.1. The van der Waals surface area contributed by atoms with Gasteiger partial charge in [0, 0.05) is 23.6 Å². The number of nitrogens with one attached hydrogen (secondary N) is 1. The van der Waals surface area contributed by atoms with Gasteiger partial charge in [-0.2, -0.15) is 10.1 Å². The van der Waals surface area contributed by atoms with Gasteiger partial charge in [0.15, 0.2) is 11.5 Å². The number of benzene rings is 2. The fourth-order valence-corrected chi connectivity index (χ4v) is 3.31. The van der Waals surface area contributed by atoms with Crippen LogP contribution in [0.25, 0.3) is 0 Å². The SMILES string of the molecule is COc1ccc(C2=NN(CCc3ccc(NC(=O)c4ncccn4)cc3)C(=O)OC2)cc1OC. The lowest BCUT2D eigenvalue weighted by molar-refractivity contribution is 0.101. The van der Waals surface area contributed by atoms with Crippen molar-refractivity contribution >= 4 is 23.4 Å². The Bertz CT molecular complexity index is 1200. The van der Waals surface area contributed by atoms with Crippen LogP contribution >= 0.6 is 0 Å². The summed E-state index contributed by atoms with van der Waals surface area (Å²) in [6.07, 6.45) is 3.06. The van der Waals surface area contributed by atoms with Crippen molar-refractivity contribution in [1.82, 2.24) is 15.0 Å². The lowest BCUT2D eigenvalue weighted by Crippen LogP contribution is -2.36. The van der Waals surface area contributed by atoms with Crippen molar-refractivity contribution in [3.8, 4) is 11.5 Å². The van der Waals surface area contributed by atoms with Crippen LogP contribution in [0.15, 0.2) is 66.0 Å². The van der Waals surface area contributed by atoms with Crippen LogP contribution < -0.4 is 14.8 Å². The maximum Gasteiger partial charge on any atom is 0.430 e. The minimum atomic E-state index is -0.504. The van der Waals surface area contributed by atoms with E-state index in [1.807, 2.05) is 18.2 Å². The average Bonchev–Trinajstić information content (AvgIpc) is 2.89. The largest absolute Gasteiger partial charge is 0.493 e. The smallest absolute Gasteiger partial charge is 0.430 e. The second kappa shape index (κ2) is 10.4. The van der Waals surface area contributed by atoms with E-state index in [0.29, 0.717) is 35.9 Å². The van der Waals surface area contributed by atoms with Crippen LogP contribution in [0.3, 0.4) is 0 Å². The lowest BCUT2D eigenvalue weighted by Gasteiger charge is -2.24. The Morgan fingerprint density at radius 3 is 2.50 bits per heavy atom. The van der Waals surface area contributed by atoms with Crippen molar-refractivity contribution in [2.75, 3.05) is 32.7 Å². The van der Waals surface area contributed by atoms with E-state index in [-0.39, 0.29) is 18.3 Å². The van der Waals surface area contributed by atoms with Crippen molar-refractivity contribution in [2.24, 2.45) is 5.10 Å². The van der Waals surface area contributed by atoms with Crippen molar-refractivity contribution in [2.45, 2.75) is 6.42 Å². The number of amides is 2. The summed E-state index contributed by atoms with van der Waals surface area (Å²) in [5.74, 6) is 0.879. The quantitative estimate of drug-likeness (QED) is 0.548. The number of methoxy groups -OCH3 is 2. The summed E-state index contributed by atoms with van der Waals surface area (Å²) in [4.78, 5) is 32.2. The molecule has 10 heteroatoms. The number of rotatable bonds is 8. The summed E-state index contributed by atoms with van der Waals surface area (Å²) in [6, 6.07) is 14.4. The molecule has 0 fully saturated rings. The Labute approximate surface area is 196 Å². The molecule has 0 saturated heterocycles. The predicted molar refractivity (Wildman–Crippen MR) is 124 cm³/mol. The van der Waals surface area contributed by atoms with Crippen molar-refractivity contribution < 1.29 is 23.8 Å². The zero-order valence-corrected chi connectivity index (χ0v) is 18.7. The number of carbonyl (C=O) groups excluding carboxylic acids is 2. The van der Waals surface area contributed by atoms with Gasteiger partial charge in [0.25, 0.3) is 5.91 Å². The molecule has 174 valence electrons. The first-order valence-corrected chi connectivity index (χ1v) is 10.5. The highest BCUT2D eigenvalue weighted by Crippen LogP contribution is 2.28.